The molecule has 0 unspecified atom stereocenters. The molecule has 0 aliphatic carbocycles. The topological polar surface area (TPSA) is 56.9 Å². The Morgan fingerprint density at radius 1 is 1.10 bits per heavy atom. The van der Waals surface area contributed by atoms with Crippen molar-refractivity contribution < 1.29 is 18.3 Å². The SMILES string of the molecule is CCc1nc2sc([C@H](c3ccc(C(F)(F)F)cc3)N3CCN(CC)CC3)c(O)n2n1. The zero-order valence-electron chi connectivity index (χ0n) is 16.9. The molecule has 1 aliphatic rings. The molecule has 1 N–H and O–H groups in total. The highest BCUT2D eigenvalue weighted by atomic mass is 32.1. The third kappa shape index (κ3) is 3.91. The monoisotopic (exact) mass is 439 g/mol. The number of thiazole rings is 1. The molecule has 2 aromatic heterocycles. The lowest BCUT2D eigenvalue weighted by atomic mass is 10.0. The van der Waals surface area contributed by atoms with Gasteiger partial charge in [-0.2, -0.15) is 17.7 Å². The molecule has 0 radical (unpaired) electrons. The van der Waals surface area contributed by atoms with Crippen molar-refractivity contribution in [2.24, 2.45) is 0 Å². The van der Waals surface area contributed by atoms with Gasteiger partial charge in [0.25, 0.3) is 0 Å². The Hall–Kier alpha value is -2.17. The Morgan fingerprint density at radius 3 is 2.30 bits per heavy atom. The second-order valence-corrected chi connectivity index (χ2v) is 8.37. The second kappa shape index (κ2) is 8.16. The number of hydrogen-bond donors (Lipinski definition) is 1. The number of aryl methyl sites for hydroxylation is 1. The Morgan fingerprint density at radius 2 is 1.77 bits per heavy atom. The molecule has 162 valence electrons. The van der Waals surface area contributed by atoms with E-state index in [2.05, 4.69) is 26.8 Å². The summed E-state index contributed by atoms with van der Waals surface area (Å²) in [6.45, 7) is 8.26. The maximum absolute atomic E-state index is 13.0. The summed E-state index contributed by atoms with van der Waals surface area (Å²) >= 11 is 1.33. The standard InChI is InChI=1S/C20H24F3N5OS/c1-3-15-24-19-28(25-15)18(29)17(30-19)16(27-11-9-26(4-2)10-12-27)13-5-7-14(8-6-13)20(21,22)23/h5-8,16,29H,3-4,9-12H2,1-2H3/t16-/m0/s1. The van der Waals surface area contributed by atoms with Gasteiger partial charge in [0.2, 0.25) is 10.8 Å². The van der Waals surface area contributed by atoms with Crippen molar-refractivity contribution in [3.63, 3.8) is 0 Å². The lowest BCUT2D eigenvalue weighted by molar-refractivity contribution is -0.137. The van der Waals surface area contributed by atoms with Crippen LogP contribution in [0.15, 0.2) is 24.3 Å². The fourth-order valence-corrected chi connectivity index (χ4v) is 4.97. The fourth-order valence-electron chi connectivity index (χ4n) is 3.84. The first-order chi connectivity index (χ1) is 14.3. The average Bonchev–Trinajstić information content (AvgIpc) is 3.28. The van der Waals surface area contributed by atoms with E-state index in [-0.39, 0.29) is 11.9 Å². The van der Waals surface area contributed by atoms with Crippen LogP contribution in [0.2, 0.25) is 0 Å². The van der Waals surface area contributed by atoms with Gasteiger partial charge < -0.3 is 10.0 Å². The van der Waals surface area contributed by atoms with E-state index < -0.39 is 11.7 Å². The minimum atomic E-state index is -4.38. The Labute approximate surface area is 176 Å². The largest absolute Gasteiger partial charge is 0.492 e. The Kier molecular flexibility index (Phi) is 5.73. The van der Waals surface area contributed by atoms with Crippen molar-refractivity contribution >= 4 is 16.3 Å². The molecule has 10 heteroatoms. The van der Waals surface area contributed by atoms with Crippen molar-refractivity contribution in [2.45, 2.75) is 32.5 Å². The van der Waals surface area contributed by atoms with Crippen LogP contribution in [0.1, 0.15) is 41.7 Å². The van der Waals surface area contributed by atoms with E-state index in [0.717, 1.165) is 44.9 Å². The maximum Gasteiger partial charge on any atom is 0.416 e. The van der Waals surface area contributed by atoms with Crippen LogP contribution in [0.4, 0.5) is 13.2 Å². The fraction of sp³-hybridized carbons (Fsp3) is 0.500. The average molecular weight is 440 g/mol. The zero-order valence-corrected chi connectivity index (χ0v) is 17.7. The summed E-state index contributed by atoms with van der Waals surface area (Å²) < 4.78 is 40.5. The number of nitrogens with zero attached hydrogens (tertiary/aromatic N) is 5. The van der Waals surface area contributed by atoms with Crippen LogP contribution in [0, 0.1) is 0 Å². The number of aromatic nitrogens is 3. The first kappa shape index (κ1) is 21.1. The van der Waals surface area contributed by atoms with Gasteiger partial charge in [0.05, 0.1) is 16.5 Å². The number of hydrogen-bond acceptors (Lipinski definition) is 6. The zero-order chi connectivity index (χ0) is 21.5. The molecular weight excluding hydrogens is 415 g/mol. The summed E-state index contributed by atoms with van der Waals surface area (Å²) in [5.74, 6) is 0.649. The molecule has 1 aromatic carbocycles. The summed E-state index contributed by atoms with van der Waals surface area (Å²) in [6.07, 6.45) is -3.72. The van der Waals surface area contributed by atoms with Gasteiger partial charge in [0.15, 0.2) is 5.82 Å². The van der Waals surface area contributed by atoms with Gasteiger partial charge in [-0.25, -0.2) is 4.98 Å². The summed E-state index contributed by atoms with van der Waals surface area (Å²) in [5, 5.41) is 15.2. The smallest absolute Gasteiger partial charge is 0.416 e. The van der Waals surface area contributed by atoms with Crippen LogP contribution in [0.5, 0.6) is 5.88 Å². The number of fused-ring (bicyclic) bond motifs is 1. The summed E-state index contributed by atoms with van der Waals surface area (Å²) in [7, 11) is 0. The van der Waals surface area contributed by atoms with Crippen molar-refractivity contribution in [3.8, 4) is 5.88 Å². The van der Waals surface area contributed by atoms with Gasteiger partial charge in [-0.3, -0.25) is 4.90 Å². The number of halogens is 3. The number of rotatable bonds is 5. The van der Waals surface area contributed by atoms with E-state index in [0.29, 0.717) is 27.6 Å². The second-order valence-electron chi connectivity index (χ2n) is 7.36. The number of alkyl halides is 3. The molecule has 1 saturated heterocycles. The highest BCUT2D eigenvalue weighted by Crippen LogP contribution is 2.41. The molecule has 1 atom stereocenters. The van der Waals surface area contributed by atoms with Gasteiger partial charge in [-0.05, 0) is 24.2 Å². The van der Waals surface area contributed by atoms with Gasteiger partial charge in [0, 0.05) is 32.6 Å². The predicted molar refractivity (Wildman–Crippen MR) is 109 cm³/mol. The quantitative estimate of drug-likeness (QED) is 0.655. The third-order valence-electron chi connectivity index (χ3n) is 5.58. The van der Waals surface area contributed by atoms with Crippen LogP contribution in [-0.2, 0) is 12.6 Å². The van der Waals surface area contributed by atoms with E-state index >= 15 is 0 Å². The predicted octanol–water partition coefficient (Wildman–Crippen LogP) is 3.80. The van der Waals surface area contributed by atoms with E-state index in [1.54, 1.807) is 0 Å². The van der Waals surface area contributed by atoms with Crippen LogP contribution in [0.25, 0.3) is 4.96 Å². The van der Waals surface area contributed by atoms with Gasteiger partial charge in [0.1, 0.15) is 0 Å². The molecule has 6 nitrogen and oxygen atoms in total. The third-order valence-corrected chi connectivity index (χ3v) is 6.65. The highest BCUT2D eigenvalue weighted by molar-refractivity contribution is 7.17. The van der Waals surface area contributed by atoms with E-state index in [1.165, 1.54) is 28.0 Å². The molecule has 3 aromatic rings. The lowest BCUT2D eigenvalue weighted by Crippen LogP contribution is -2.47. The van der Waals surface area contributed by atoms with Crippen molar-refractivity contribution in [1.82, 2.24) is 24.4 Å². The first-order valence-corrected chi connectivity index (χ1v) is 10.8. The number of aromatic hydroxyl groups is 1. The Bertz CT molecular complexity index is 1010. The van der Waals surface area contributed by atoms with Crippen LogP contribution in [0.3, 0.4) is 0 Å². The lowest BCUT2D eigenvalue weighted by Gasteiger charge is -2.38. The van der Waals surface area contributed by atoms with Crippen molar-refractivity contribution in [3.05, 3.63) is 46.1 Å². The number of benzene rings is 1. The summed E-state index contributed by atoms with van der Waals surface area (Å²) in [5.41, 5.74) is 0.0312. The highest BCUT2D eigenvalue weighted by Gasteiger charge is 2.34. The van der Waals surface area contributed by atoms with Crippen molar-refractivity contribution in [1.29, 1.82) is 0 Å². The molecule has 1 fully saturated rings. The molecular formula is C20H24F3N5OS. The molecule has 1 aliphatic heterocycles. The van der Waals surface area contributed by atoms with Crippen LogP contribution in [-0.4, -0.2) is 62.2 Å². The van der Waals surface area contributed by atoms with Gasteiger partial charge in [-0.15, -0.1) is 5.10 Å². The summed E-state index contributed by atoms with van der Waals surface area (Å²) in [4.78, 5) is 10.2. The molecule has 3 heterocycles. The van der Waals surface area contributed by atoms with Crippen LogP contribution < -0.4 is 0 Å². The van der Waals surface area contributed by atoms with E-state index in [1.807, 2.05) is 6.92 Å². The minimum Gasteiger partial charge on any atom is -0.492 e. The number of likely N-dealkylation sites (N-methyl/N-ethyl adjacent to an activating group) is 1. The minimum absolute atomic E-state index is 0.00465. The number of piperazine rings is 1. The molecule has 4 rings (SSSR count). The maximum atomic E-state index is 13.0. The Balaban J connectivity index is 1.74. The molecule has 0 amide bonds. The first-order valence-electron chi connectivity index (χ1n) is 10.0. The van der Waals surface area contributed by atoms with E-state index in [9.17, 15) is 18.3 Å². The van der Waals surface area contributed by atoms with Gasteiger partial charge in [-0.1, -0.05) is 37.3 Å². The molecule has 30 heavy (non-hydrogen) atoms. The van der Waals surface area contributed by atoms with Crippen molar-refractivity contribution in [2.75, 3.05) is 32.7 Å². The van der Waals surface area contributed by atoms with Crippen LogP contribution >= 0.6 is 11.3 Å². The summed E-state index contributed by atoms with van der Waals surface area (Å²) in [6, 6.07) is 4.87. The molecule has 0 saturated carbocycles. The molecule has 0 spiro atoms. The molecule has 0 bridgehead atoms. The normalized spacial score (nSPS) is 17.6. The van der Waals surface area contributed by atoms with E-state index in [4.69, 9.17) is 0 Å². The van der Waals surface area contributed by atoms with Gasteiger partial charge >= 0.3 is 6.18 Å².